The molecule has 3 aliphatic heterocycles. The van der Waals surface area contributed by atoms with E-state index in [1.165, 1.54) is 27.7 Å². The lowest BCUT2D eigenvalue weighted by atomic mass is 9.89. The molecule has 4 aliphatic rings. The maximum Gasteiger partial charge on any atom is 0.361 e. The molecule has 2 aromatic carbocycles. The van der Waals surface area contributed by atoms with Crippen molar-refractivity contribution in [1.82, 2.24) is 4.58 Å². The van der Waals surface area contributed by atoms with Gasteiger partial charge in [0.1, 0.15) is 16.9 Å². The third kappa shape index (κ3) is 5.08. The van der Waals surface area contributed by atoms with Crippen molar-refractivity contribution in [3.63, 3.8) is 0 Å². The van der Waals surface area contributed by atoms with Gasteiger partial charge in [-0.25, -0.2) is 22.9 Å². The Morgan fingerprint density at radius 3 is 2.26 bits per heavy atom. The molecule has 1 N–H and O–H groups in total. The Bertz CT molecular complexity index is 1800. The van der Waals surface area contributed by atoms with Gasteiger partial charge in [0.25, 0.3) is 5.92 Å². The molecule has 6 rings (SSSR count). The van der Waals surface area contributed by atoms with Crippen molar-refractivity contribution in [3.8, 4) is 22.5 Å². The summed E-state index contributed by atoms with van der Waals surface area (Å²) in [5.41, 5.74) is 1.13. The van der Waals surface area contributed by atoms with Crippen LogP contribution in [0, 0.1) is 0 Å². The number of benzene rings is 3. The lowest BCUT2D eigenvalue weighted by Gasteiger charge is -2.40. The van der Waals surface area contributed by atoms with Crippen LogP contribution in [0.15, 0.2) is 59.0 Å². The van der Waals surface area contributed by atoms with Gasteiger partial charge < -0.3 is 19.2 Å². The van der Waals surface area contributed by atoms with Gasteiger partial charge in [-0.05, 0) is 62.7 Å². The minimum atomic E-state index is -2.80. The van der Waals surface area contributed by atoms with E-state index in [-0.39, 0.29) is 28.0 Å². The molecule has 7 nitrogen and oxygen atoms in total. The van der Waals surface area contributed by atoms with Crippen molar-refractivity contribution in [3.05, 3.63) is 71.1 Å². The van der Waals surface area contributed by atoms with E-state index in [4.69, 9.17) is 9.15 Å². The summed E-state index contributed by atoms with van der Waals surface area (Å²) in [6, 6.07) is 14.0. The molecule has 11 heteroatoms. The number of halogens is 4. The van der Waals surface area contributed by atoms with Gasteiger partial charge >= 0.3 is 17.9 Å². The number of carbonyl (C=O) groups excluding carboxylic acids is 1. The fraction of sp³-hybridized carbons (Fsp3) is 0.323. The average molecular weight is 584 g/mol. The Hall–Kier alpha value is -4.41. The van der Waals surface area contributed by atoms with E-state index in [0.29, 0.717) is 27.6 Å². The van der Waals surface area contributed by atoms with Crippen LogP contribution in [-0.4, -0.2) is 60.7 Å². The third-order valence-corrected chi connectivity index (χ3v) is 7.26. The van der Waals surface area contributed by atoms with Crippen LogP contribution >= 0.6 is 0 Å². The molecule has 2 saturated heterocycles. The van der Waals surface area contributed by atoms with Crippen LogP contribution in [0.5, 0.6) is 0 Å². The highest BCUT2D eigenvalue weighted by Gasteiger charge is 2.50. The van der Waals surface area contributed by atoms with E-state index in [1.807, 2.05) is 0 Å². The highest BCUT2D eigenvalue weighted by Crippen LogP contribution is 2.43. The lowest BCUT2D eigenvalue weighted by molar-refractivity contribution is -0.0644. The summed E-state index contributed by atoms with van der Waals surface area (Å²) in [5, 5.41) is 11.1. The number of carboxylic acid groups (broad SMARTS) is 1. The highest BCUT2D eigenvalue weighted by molar-refractivity contribution is 6.09. The minimum Gasteiger partial charge on any atom is -0.478 e. The molecule has 0 unspecified atom stereocenters. The number of hydrogen-bond acceptors (Lipinski definition) is 5. The van der Waals surface area contributed by atoms with Crippen molar-refractivity contribution < 1.29 is 41.4 Å². The Morgan fingerprint density at radius 1 is 0.929 bits per heavy atom. The first-order valence-corrected chi connectivity index (χ1v) is 13.3. The molecule has 2 fully saturated rings. The van der Waals surface area contributed by atoms with Crippen LogP contribution in [0.2, 0.25) is 0 Å². The molecule has 0 amide bonds. The number of rotatable bonds is 4. The Morgan fingerprint density at radius 2 is 1.64 bits per heavy atom. The van der Waals surface area contributed by atoms with Crippen LogP contribution in [0.3, 0.4) is 0 Å². The second-order valence-electron chi connectivity index (χ2n) is 11.8. The number of carboxylic acids is 1. The Labute approximate surface area is 237 Å². The zero-order valence-corrected chi connectivity index (χ0v) is 23.0. The molecule has 0 spiro atoms. The maximum atomic E-state index is 13.6. The van der Waals surface area contributed by atoms with Gasteiger partial charge in [0.15, 0.2) is 0 Å². The Kier molecular flexibility index (Phi) is 6.14. The van der Waals surface area contributed by atoms with Crippen LogP contribution in [-0.2, 0) is 4.74 Å². The quantitative estimate of drug-likeness (QED) is 0.143. The second kappa shape index (κ2) is 9.30. The smallest absolute Gasteiger partial charge is 0.361 e. The van der Waals surface area contributed by atoms with Crippen LogP contribution in [0.1, 0.15) is 41.5 Å². The molecule has 3 heterocycles. The first-order chi connectivity index (χ1) is 19.6. The van der Waals surface area contributed by atoms with Gasteiger partial charge in [-0.2, -0.15) is 8.78 Å². The summed E-state index contributed by atoms with van der Waals surface area (Å²) in [6.45, 7) is 3.35. The molecule has 0 radical (unpaired) electrons. The van der Waals surface area contributed by atoms with Crippen LogP contribution in [0.25, 0.3) is 33.4 Å². The number of ether oxygens (including phenoxy) is 1. The van der Waals surface area contributed by atoms with E-state index >= 15 is 0 Å². The first kappa shape index (κ1) is 27.7. The van der Waals surface area contributed by atoms with E-state index in [2.05, 4.69) is 0 Å². The molecule has 2 aromatic rings. The van der Waals surface area contributed by atoms with E-state index < -0.39 is 55.6 Å². The number of fused-ring (bicyclic) bond motifs is 2. The molecule has 42 heavy (non-hydrogen) atoms. The predicted octanol–water partition coefficient (Wildman–Crippen LogP) is 5.73. The van der Waals surface area contributed by atoms with Crippen LogP contribution < -0.4 is 14.8 Å². The van der Waals surface area contributed by atoms with Crippen LogP contribution in [0.4, 0.5) is 23.2 Å². The number of anilines is 1. The maximum absolute atomic E-state index is 13.6. The zero-order chi connectivity index (χ0) is 30.2. The fourth-order valence-corrected chi connectivity index (χ4v) is 5.34. The van der Waals surface area contributed by atoms with Gasteiger partial charge in [-0.3, -0.25) is 0 Å². The normalized spacial score (nSPS) is 17.6. The molecular weight excluding hydrogens is 556 g/mol. The third-order valence-electron chi connectivity index (χ3n) is 7.26. The summed E-state index contributed by atoms with van der Waals surface area (Å²) in [4.78, 5) is 26.8. The SMILES string of the molecule is CC(C)(C)OC(=O)c1ccc(C(=O)O)c(-c2c3ccc(=[N+]4CC(F)(F)C4)cc-3oc3cc(N4CC(F)(F)C4)ccc23)c1. The number of alkyl halides is 4. The van der Waals surface area contributed by atoms with Crippen molar-refractivity contribution in [2.75, 3.05) is 31.1 Å². The summed E-state index contributed by atoms with van der Waals surface area (Å²) in [6.07, 6.45) is 0. The first-order valence-electron chi connectivity index (χ1n) is 13.3. The van der Waals surface area contributed by atoms with Gasteiger partial charge in [0, 0.05) is 34.3 Å². The van der Waals surface area contributed by atoms with Gasteiger partial charge in [0.2, 0.25) is 18.4 Å². The van der Waals surface area contributed by atoms with Crippen molar-refractivity contribution in [2.45, 2.75) is 38.2 Å². The number of carbonyl (C=O) groups is 2. The van der Waals surface area contributed by atoms with E-state index in [0.717, 1.165) is 0 Å². The fourth-order valence-electron chi connectivity index (χ4n) is 5.34. The molecule has 0 bridgehead atoms. The number of aromatic carboxylic acids is 1. The number of hydrogen-bond donors (Lipinski definition) is 1. The zero-order valence-electron chi connectivity index (χ0n) is 23.0. The molecule has 218 valence electrons. The topological polar surface area (TPSA) is 83.0 Å². The lowest BCUT2D eigenvalue weighted by Crippen LogP contribution is -2.57. The number of esters is 1. The second-order valence-corrected chi connectivity index (χ2v) is 11.8. The minimum absolute atomic E-state index is 0.0889. The standard InChI is InChI=1S/C31H26F4N2O5/c1-29(2,3)42-28(40)17-4-7-20(27(38)39)23(10-17)26-21-8-5-18(36-13-30(32,33)14-36)11-24(21)41-25-12-19(6-9-22(25)26)37-15-31(34,35)16-37/h4-12H,13-16H2,1-3H3/p+1. The van der Waals surface area contributed by atoms with Crippen molar-refractivity contribution >= 4 is 28.6 Å². The molecule has 0 aromatic heterocycles. The average Bonchev–Trinajstić information content (AvgIpc) is 2.86. The molecule has 0 saturated carbocycles. The monoisotopic (exact) mass is 583 g/mol. The molecule has 0 atom stereocenters. The summed E-state index contributed by atoms with van der Waals surface area (Å²) < 4.78 is 67.6. The molecular formula is C31H27F4N2O5+. The van der Waals surface area contributed by atoms with Gasteiger partial charge in [-0.15, -0.1) is 0 Å². The summed E-state index contributed by atoms with van der Waals surface area (Å²) in [5.74, 6) is -7.20. The highest BCUT2D eigenvalue weighted by atomic mass is 19.3. The predicted molar refractivity (Wildman–Crippen MR) is 148 cm³/mol. The van der Waals surface area contributed by atoms with Crippen molar-refractivity contribution in [1.29, 1.82) is 0 Å². The summed E-state index contributed by atoms with van der Waals surface area (Å²) >= 11 is 0. The van der Waals surface area contributed by atoms with Crippen molar-refractivity contribution in [2.24, 2.45) is 0 Å². The van der Waals surface area contributed by atoms with Gasteiger partial charge in [-0.1, -0.05) is 0 Å². The van der Waals surface area contributed by atoms with E-state index in [9.17, 15) is 32.3 Å². The van der Waals surface area contributed by atoms with Gasteiger partial charge in [0.05, 0.1) is 30.3 Å². The Balaban J connectivity index is 1.60. The molecule has 1 aliphatic carbocycles. The van der Waals surface area contributed by atoms with E-state index in [1.54, 1.807) is 57.2 Å². The summed E-state index contributed by atoms with van der Waals surface area (Å²) in [7, 11) is 0. The number of nitrogens with zero attached hydrogens (tertiary/aromatic N) is 2. The largest absolute Gasteiger partial charge is 0.478 e.